The molecule has 1 rings (SSSR count). The molecule has 0 amide bonds. The van der Waals surface area contributed by atoms with Crippen molar-refractivity contribution in [3.05, 3.63) is 29.8 Å². The molecule has 0 bridgehead atoms. The zero-order valence-electron chi connectivity index (χ0n) is 11.5. The molecule has 19 heavy (non-hydrogen) atoms. The van der Waals surface area contributed by atoms with Gasteiger partial charge >= 0.3 is 0 Å². The predicted octanol–water partition coefficient (Wildman–Crippen LogP) is 1.41. The minimum atomic E-state index is 0. The van der Waals surface area contributed by atoms with Gasteiger partial charge in [0, 0.05) is 6.54 Å². The maximum atomic E-state index is 5.63. The van der Waals surface area contributed by atoms with Crippen molar-refractivity contribution in [2.75, 3.05) is 27.2 Å². The normalized spacial score (nSPS) is 9.84. The van der Waals surface area contributed by atoms with Crippen molar-refractivity contribution in [3.63, 3.8) is 0 Å². The van der Waals surface area contributed by atoms with Gasteiger partial charge in [-0.05, 0) is 38.2 Å². The van der Waals surface area contributed by atoms with Crippen LogP contribution in [0.25, 0.3) is 0 Å². The summed E-state index contributed by atoms with van der Waals surface area (Å²) < 4.78 is 5.63. The SMILES string of the molecule is CN(C)CCCOc1ccc(CN=C(N)N)cc1.I. The van der Waals surface area contributed by atoms with Crippen LogP contribution in [0.15, 0.2) is 29.3 Å². The van der Waals surface area contributed by atoms with Crippen LogP contribution < -0.4 is 16.2 Å². The lowest BCUT2D eigenvalue weighted by atomic mass is 10.2. The standard InChI is InChI=1S/C13H22N4O.HI/c1-17(2)8-3-9-18-12-6-4-11(5-7-12)10-16-13(14)15;/h4-7H,3,8-10H2,1-2H3,(H4,14,15,16);1H. The number of guanidine groups is 1. The van der Waals surface area contributed by atoms with Gasteiger partial charge < -0.3 is 21.1 Å². The third-order valence-corrected chi connectivity index (χ3v) is 2.39. The van der Waals surface area contributed by atoms with Gasteiger partial charge in [0.05, 0.1) is 13.2 Å². The van der Waals surface area contributed by atoms with Crippen molar-refractivity contribution in [3.8, 4) is 5.75 Å². The highest BCUT2D eigenvalue weighted by Crippen LogP contribution is 2.13. The van der Waals surface area contributed by atoms with Gasteiger partial charge in [0.1, 0.15) is 5.75 Å². The summed E-state index contributed by atoms with van der Waals surface area (Å²) in [6.07, 6.45) is 1.02. The molecule has 1 aromatic rings. The molecule has 0 unspecified atom stereocenters. The van der Waals surface area contributed by atoms with E-state index in [2.05, 4.69) is 24.0 Å². The Balaban J connectivity index is 0.00000324. The molecule has 0 aromatic heterocycles. The van der Waals surface area contributed by atoms with Crippen molar-refractivity contribution >= 4 is 29.9 Å². The van der Waals surface area contributed by atoms with E-state index in [1.807, 2.05) is 24.3 Å². The van der Waals surface area contributed by atoms with E-state index in [0.717, 1.165) is 30.9 Å². The lowest BCUT2D eigenvalue weighted by Gasteiger charge is -2.10. The van der Waals surface area contributed by atoms with Crippen LogP contribution in [0, 0.1) is 0 Å². The molecule has 0 saturated carbocycles. The fourth-order valence-corrected chi connectivity index (χ4v) is 1.44. The van der Waals surface area contributed by atoms with Crippen LogP contribution in [-0.4, -0.2) is 38.1 Å². The number of nitrogens with zero attached hydrogens (tertiary/aromatic N) is 2. The van der Waals surface area contributed by atoms with Crippen LogP contribution in [0.5, 0.6) is 5.75 Å². The second-order valence-corrected chi connectivity index (χ2v) is 4.39. The molecule has 0 aliphatic rings. The van der Waals surface area contributed by atoms with Gasteiger partial charge in [-0.3, -0.25) is 0 Å². The van der Waals surface area contributed by atoms with Crippen LogP contribution in [0.3, 0.4) is 0 Å². The summed E-state index contributed by atoms with van der Waals surface area (Å²) >= 11 is 0. The van der Waals surface area contributed by atoms with E-state index in [9.17, 15) is 0 Å². The number of rotatable bonds is 7. The molecule has 0 aliphatic carbocycles. The van der Waals surface area contributed by atoms with Crippen LogP contribution in [-0.2, 0) is 6.54 Å². The summed E-state index contributed by atoms with van der Waals surface area (Å²) in [5.41, 5.74) is 11.6. The molecule has 4 N–H and O–H groups in total. The fourth-order valence-electron chi connectivity index (χ4n) is 1.44. The van der Waals surface area contributed by atoms with Gasteiger partial charge in [-0.15, -0.1) is 24.0 Å². The molecule has 0 saturated heterocycles. The molecular weight excluding hydrogens is 355 g/mol. The van der Waals surface area contributed by atoms with Gasteiger partial charge in [-0.25, -0.2) is 4.99 Å². The zero-order valence-corrected chi connectivity index (χ0v) is 13.8. The molecule has 0 aliphatic heterocycles. The third kappa shape index (κ3) is 8.66. The van der Waals surface area contributed by atoms with E-state index in [-0.39, 0.29) is 29.9 Å². The summed E-state index contributed by atoms with van der Waals surface area (Å²) in [6.45, 7) is 2.26. The first-order chi connectivity index (χ1) is 8.58. The van der Waals surface area contributed by atoms with Crippen LogP contribution in [0.2, 0.25) is 0 Å². The summed E-state index contributed by atoms with van der Waals surface area (Å²) in [4.78, 5) is 6.09. The largest absolute Gasteiger partial charge is 0.494 e. The van der Waals surface area contributed by atoms with E-state index in [4.69, 9.17) is 16.2 Å². The average Bonchev–Trinajstić information content (AvgIpc) is 2.33. The highest BCUT2D eigenvalue weighted by Gasteiger charge is 1.96. The predicted molar refractivity (Wildman–Crippen MR) is 90.0 cm³/mol. The van der Waals surface area contributed by atoms with Crippen molar-refractivity contribution < 1.29 is 4.74 Å². The summed E-state index contributed by atoms with van der Waals surface area (Å²) in [7, 11) is 4.11. The molecule has 6 heteroatoms. The number of ether oxygens (including phenoxy) is 1. The summed E-state index contributed by atoms with van der Waals surface area (Å²) in [5, 5.41) is 0. The average molecular weight is 378 g/mol. The van der Waals surface area contributed by atoms with Gasteiger partial charge in [0.2, 0.25) is 0 Å². The van der Waals surface area contributed by atoms with Crippen molar-refractivity contribution in [1.82, 2.24) is 4.90 Å². The van der Waals surface area contributed by atoms with Gasteiger partial charge in [-0.1, -0.05) is 12.1 Å². The Hall–Kier alpha value is -1.02. The maximum absolute atomic E-state index is 5.63. The first kappa shape index (κ1) is 18.0. The molecule has 0 fully saturated rings. The monoisotopic (exact) mass is 378 g/mol. The Morgan fingerprint density at radius 2 is 1.84 bits per heavy atom. The number of nitrogens with two attached hydrogens (primary N) is 2. The highest BCUT2D eigenvalue weighted by molar-refractivity contribution is 14.0. The fraction of sp³-hybridized carbons (Fsp3) is 0.462. The van der Waals surface area contributed by atoms with E-state index < -0.39 is 0 Å². The smallest absolute Gasteiger partial charge is 0.186 e. The minimum absolute atomic E-state index is 0. The Bertz CT molecular complexity index is 375. The number of halogens is 1. The molecule has 0 atom stereocenters. The number of hydrogen-bond donors (Lipinski definition) is 2. The first-order valence-electron chi connectivity index (χ1n) is 6.00. The van der Waals surface area contributed by atoms with Gasteiger partial charge in [0.25, 0.3) is 0 Å². The second-order valence-electron chi connectivity index (χ2n) is 4.39. The van der Waals surface area contributed by atoms with Crippen LogP contribution >= 0.6 is 24.0 Å². The second kappa shape index (κ2) is 9.85. The molecular formula is C13H23IN4O. The van der Waals surface area contributed by atoms with Gasteiger partial charge in [0.15, 0.2) is 5.96 Å². The van der Waals surface area contributed by atoms with Crippen molar-refractivity contribution in [1.29, 1.82) is 0 Å². The van der Waals surface area contributed by atoms with E-state index in [1.54, 1.807) is 0 Å². The lowest BCUT2D eigenvalue weighted by molar-refractivity contribution is 0.281. The Labute approximate surface area is 132 Å². The van der Waals surface area contributed by atoms with E-state index in [1.165, 1.54) is 0 Å². The third-order valence-electron chi connectivity index (χ3n) is 2.39. The van der Waals surface area contributed by atoms with E-state index >= 15 is 0 Å². The Morgan fingerprint density at radius 3 is 2.37 bits per heavy atom. The highest BCUT2D eigenvalue weighted by atomic mass is 127. The number of aliphatic imine (C=N–C) groups is 1. The van der Waals surface area contributed by atoms with Crippen molar-refractivity contribution in [2.24, 2.45) is 16.5 Å². The zero-order chi connectivity index (χ0) is 13.4. The van der Waals surface area contributed by atoms with Crippen molar-refractivity contribution in [2.45, 2.75) is 13.0 Å². The number of benzene rings is 1. The molecule has 1 aromatic carbocycles. The van der Waals surface area contributed by atoms with E-state index in [0.29, 0.717) is 6.54 Å². The molecule has 5 nitrogen and oxygen atoms in total. The quantitative estimate of drug-likeness (QED) is 0.326. The molecule has 0 spiro atoms. The molecule has 0 radical (unpaired) electrons. The Kier molecular flexibility index (Phi) is 9.32. The summed E-state index contributed by atoms with van der Waals surface area (Å²) in [5.74, 6) is 0.987. The Morgan fingerprint density at radius 1 is 1.21 bits per heavy atom. The van der Waals surface area contributed by atoms with Crippen LogP contribution in [0.1, 0.15) is 12.0 Å². The first-order valence-corrected chi connectivity index (χ1v) is 6.00. The van der Waals surface area contributed by atoms with Gasteiger partial charge in [-0.2, -0.15) is 0 Å². The topological polar surface area (TPSA) is 76.9 Å². The van der Waals surface area contributed by atoms with Crippen LogP contribution in [0.4, 0.5) is 0 Å². The summed E-state index contributed by atoms with van der Waals surface area (Å²) in [6, 6.07) is 7.81. The minimum Gasteiger partial charge on any atom is -0.494 e. The lowest BCUT2D eigenvalue weighted by Crippen LogP contribution is -2.22. The number of hydrogen-bond acceptors (Lipinski definition) is 3. The maximum Gasteiger partial charge on any atom is 0.186 e. The molecule has 108 valence electrons. The molecule has 0 heterocycles.